The van der Waals surface area contributed by atoms with E-state index in [1.165, 1.54) is 6.92 Å². The monoisotopic (exact) mass is 256 g/mol. The Hall–Kier alpha value is 1.44. The van der Waals surface area contributed by atoms with E-state index in [2.05, 4.69) is 11.8 Å². The summed E-state index contributed by atoms with van der Waals surface area (Å²) in [6, 6.07) is 0. The minimum absolute atomic E-state index is 0.207. The first-order valence-corrected chi connectivity index (χ1v) is 6.88. The zero-order valence-corrected chi connectivity index (χ0v) is 9.74. The van der Waals surface area contributed by atoms with Gasteiger partial charge in [0, 0.05) is 12.0 Å². The predicted molar refractivity (Wildman–Crippen MR) is 53.3 cm³/mol. The van der Waals surface area contributed by atoms with Crippen LogP contribution in [-0.4, -0.2) is 21.5 Å². The first-order chi connectivity index (χ1) is 4.77. The van der Waals surface area contributed by atoms with Gasteiger partial charge in [0.2, 0.25) is 4.52 Å². The number of hydrogen-bond donors (Lipinski definition) is 1. The van der Waals surface area contributed by atoms with Gasteiger partial charge in [-0.05, 0) is 18.7 Å². The van der Waals surface area contributed by atoms with Crippen molar-refractivity contribution in [3.8, 4) is 0 Å². The normalized spacial score (nSPS) is 17.9. The molecule has 0 aromatic rings. The molecular weight excluding hydrogens is 249 g/mol. The SMILES string of the molecule is CC(Cl)(Cl)OP(O)(=S)CCCl. The van der Waals surface area contributed by atoms with E-state index >= 15 is 0 Å². The Morgan fingerprint density at radius 1 is 1.64 bits per heavy atom. The topological polar surface area (TPSA) is 29.5 Å². The largest absolute Gasteiger partial charge is 0.345 e. The van der Waals surface area contributed by atoms with Crippen molar-refractivity contribution in [1.29, 1.82) is 0 Å². The number of hydrogen-bond acceptors (Lipinski definition) is 2. The van der Waals surface area contributed by atoms with E-state index in [1.54, 1.807) is 0 Å². The highest BCUT2D eigenvalue weighted by atomic mass is 35.5. The Bertz CT molecular complexity index is 169. The summed E-state index contributed by atoms with van der Waals surface area (Å²) in [7, 11) is 0. The van der Waals surface area contributed by atoms with Crippen molar-refractivity contribution in [1.82, 2.24) is 0 Å². The van der Waals surface area contributed by atoms with Crippen LogP contribution in [0.15, 0.2) is 0 Å². The van der Waals surface area contributed by atoms with Gasteiger partial charge in [-0.2, -0.15) is 0 Å². The number of rotatable bonds is 4. The average molecular weight is 258 g/mol. The van der Waals surface area contributed by atoms with Gasteiger partial charge in [0.15, 0.2) is 6.49 Å². The van der Waals surface area contributed by atoms with E-state index in [1.807, 2.05) is 0 Å². The maximum atomic E-state index is 9.30. The predicted octanol–water partition coefficient (Wildman–Crippen LogP) is 2.69. The summed E-state index contributed by atoms with van der Waals surface area (Å²) in [5, 5.41) is 0. The van der Waals surface area contributed by atoms with Crippen LogP contribution in [0.4, 0.5) is 0 Å². The van der Waals surface area contributed by atoms with Gasteiger partial charge in [-0.1, -0.05) is 23.2 Å². The summed E-state index contributed by atoms with van der Waals surface area (Å²) in [6.07, 6.45) is 0.207. The Morgan fingerprint density at radius 2 is 2.09 bits per heavy atom. The maximum absolute atomic E-state index is 9.30. The first kappa shape index (κ1) is 12.4. The third-order valence-electron chi connectivity index (χ3n) is 0.670. The van der Waals surface area contributed by atoms with E-state index in [4.69, 9.17) is 39.3 Å². The van der Waals surface area contributed by atoms with E-state index in [0.717, 1.165) is 0 Å². The van der Waals surface area contributed by atoms with Crippen molar-refractivity contribution in [2.75, 3.05) is 12.0 Å². The molecule has 11 heavy (non-hydrogen) atoms. The average Bonchev–Trinajstić information content (AvgIpc) is 1.55. The summed E-state index contributed by atoms with van der Waals surface area (Å²) >= 11 is 20.9. The minimum Gasteiger partial charge on any atom is -0.345 e. The number of alkyl halides is 3. The van der Waals surface area contributed by atoms with Gasteiger partial charge in [0.05, 0.1) is 0 Å². The fourth-order valence-corrected chi connectivity index (χ4v) is 3.85. The number of halogens is 3. The molecule has 0 bridgehead atoms. The molecule has 0 aromatic carbocycles. The molecule has 0 rings (SSSR count). The zero-order chi connectivity index (χ0) is 9.12. The van der Waals surface area contributed by atoms with Crippen molar-refractivity contribution in [2.24, 2.45) is 0 Å². The van der Waals surface area contributed by atoms with Gasteiger partial charge in [-0.25, -0.2) is 0 Å². The van der Waals surface area contributed by atoms with E-state index in [9.17, 15) is 4.89 Å². The highest BCUT2D eigenvalue weighted by Gasteiger charge is 2.26. The van der Waals surface area contributed by atoms with Crippen LogP contribution < -0.4 is 0 Å². The molecule has 0 fully saturated rings. The van der Waals surface area contributed by atoms with Crippen molar-refractivity contribution >= 4 is 53.1 Å². The fourth-order valence-electron chi connectivity index (χ4n) is 0.403. The second-order valence-electron chi connectivity index (χ2n) is 1.95. The molecule has 68 valence electrons. The lowest BCUT2D eigenvalue weighted by Crippen LogP contribution is -2.11. The van der Waals surface area contributed by atoms with Crippen LogP contribution in [0.25, 0.3) is 0 Å². The molecule has 0 aromatic heterocycles. The van der Waals surface area contributed by atoms with Gasteiger partial charge in [0.25, 0.3) is 0 Å². The summed E-state index contributed by atoms with van der Waals surface area (Å²) in [6.45, 7) is -1.49. The Labute approximate surface area is 85.9 Å². The lowest BCUT2D eigenvalue weighted by atomic mass is 10.9. The van der Waals surface area contributed by atoms with Gasteiger partial charge in [-0.15, -0.1) is 11.6 Å². The molecule has 0 aliphatic rings. The van der Waals surface area contributed by atoms with Crippen LogP contribution in [0.1, 0.15) is 6.92 Å². The van der Waals surface area contributed by atoms with Crippen LogP contribution in [-0.2, 0) is 16.3 Å². The maximum Gasteiger partial charge on any atom is 0.220 e. The van der Waals surface area contributed by atoms with E-state index < -0.39 is 11.0 Å². The van der Waals surface area contributed by atoms with Crippen LogP contribution in [0.5, 0.6) is 0 Å². The van der Waals surface area contributed by atoms with E-state index in [0.29, 0.717) is 0 Å². The smallest absolute Gasteiger partial charge is 0.220 e. The van der Waals surface area contributed by atoms with Crippen LogP contribution in [0.2, 0.25) is 0 Å². The Morgan fingerprint density at radius 3 is 2.36 bits per heavy atom. The molecule has 0 saturated carbocycles. The van der Waals surface area contributed by atoms with E-state index in [-0.39, 0.29) is 12.0 Å². The lowest BCUT2D eigenvalue weighted by Gasteiger charge is -2.21. The standard InChI is InChI=1S/C4H8Cl3O2PS/c1-4(6,7)9-10(8,11)3-2-5/h2-3H2,1H3,(H,8,11). The molecule has 1 unspecified atom stereocenters. The quantitative estimate of drug-likeness (QED) is 0.620. The Balaban J connectivity index is 4.03. The molecular formula is C4H8Cl3O2PS. The fraction of sp³-hybridized carbons (Fsp3) is 1.00. The van der Waals surface area contributed by atoms with Gasteiger partial charge >= 0.3 is 0 Å². The highest BCUT2D eigenvalue weighted by molar-refractivity contribution is 8.09. The molecule has 0 saturated heterocycles. The molecule has 0 heterocycles. The molecule has 0 spiro atoms. The van der Waals surface area contributed by atoms with Crippen molar-refractivity contribution in [3.63, 3.8) is 0 Å². The molecule has 0 amide bonds. The minimum atomic E-state index is -2.88. The summed E-state index contributed by atoms with van der Waals surface area (Å²) < 4.78 is 3.36. The third-order valence-corrected chi connectivity index (χ3v) is 3.70. The lowest BCUT2D eigenvalue weighted by molar-refractivity contribution is 0.258. The van der Waals surface area contributed by atoms with Crippen molar-refractivity contribution in [3.05, 3.63) is 0 Å². The second kappa shape index (κ2) is 4.61. The zero-order valence-electron chi connectivity index (χ0n) is 5.76. The molecule has 0 aliphatic carbocycles. The molecule has 1 atom stereocenters. The van der Waals surface area contributed by atoms with Crippen LogP contribution >= 0.6 is 41.3 Å². The van der Waals surface area contributed by atoms with Gasteiger partial charge in [0.1, 0.15) is 0 Å². The molecule has 0 radical (unpaired) electrons. The summed E-state index contributed by atoms with van der Waals surface area (Å²) in [4.78, 5) is 9.30. The van der Waals surface area contributed by atoms with Gasteiger partial charge in [-0.3, -0.25) is 4.52 Å². The van der Waals surface area contributed by atoms with Crippen molar-refractivity contribution < 1.29 is 9.42 Å². The highest BCUT2D eigenvalue weighted by Crippen LogP contribution is 2.48. The Kier molecular flexibility index (Phi) is 5.22. The molecule has 1 N–H and O–H groups in total. The molecule has 0 aliphatic heterocycles. The molecule has 2 nitrogen and oxygen atoms in total. The van der Waals surface area contributed by atoms with Crippen LogP contribution in [0.3, 0.4) is 0 Å². The summed E-state index contributed by atoms with van der Waals surface area (Å²) in [5.41, 5.74) is 0. The molecule has 7 heteroatoms. The second-order valence-corrected chi connectivity index (χ2v) is 7.58. The van der Waals surface area contributed by atoms with Crippen molar-refractivity contribution in [2.45, 2.75) is 11.4 Å². The first-order valence-electron chi connectivity index (χ1n) is 2.73. The third kappa shape index (κ3) is 7.79. The van der Waals surface area contributed by atoms with Gasteiger partial charge < -0.3 is 4.89 Å². The van der Waals surface area contributed by atoms with Crippen LogP contribution in [0, 0.1) is 0 Å². The summed E-state index contributed by atoms with van der Waals surface area (Å²) in [5.74, 6) is 0.234.